The molecule has 0 aliphatic carbocycles. The molecule has 0 bridgehead atoms. The minimum absolute atomic E-state index is 0.0145. The molecule has 2 aromatic rings. The number of carbonyl (C=O) groups excluding carboxylic acids is 1. The number of hydrogen-bond acceptors (Lipinski definition) is 4. The second kappa shape index (κ2) is 5.69. The van der Waals surface area contributed by atoms with Crippen LogP contribution in [0, 0.1) is 0 Å². The molecule has 1 aliphatic rings. The van der Waals surface area contributed by atoms with Crippen LogP contribution in [0.4, 0.5) is 0 Å². The molecule has 0 saturated carbocycles. The van der Waals surface area contributed by atoms with Crippen LogP contribution < -0.4 is 4.74 Å². The van der Waals surface area contributed by atoms with Gasteiger partial charge >= 0.3 is 0 Å². The number of nitrogens with zero attached hydrogens (tertiary/aromatic N) is 3. The quantitative estimate of drug-likeness (QED) is 0.852. The third kappa shape index (κ3) is 2.77. The average molecular weight is 269 g/mol. The maximum atomic E-state index is 12.3. The van der Waals surface area contributed by atoms with Crippen molar-refractivity contribution in [2.24, 2.45) is 0 Å². The van der Waals surface area contributed by atoms with E-state index in [9.17, 15) is 4.79 Å². The van der Waals surface area contributed by atoms with Crippen molar-refractivity contribution in [3.8, 4) is 5.88 Å². The van der Waals surface area contributed by atoms with Gasteiger partial charge in [-0.2, -0.15) is 0 Å². The van der Waals surface area contributed by atoms with Gasteiger partial charge in [-0.3, -0.25) is 9.78 Å². The number of aromatic nitrogens is 2. The predicted octanol–water partition coefficient (Wildman–Crippen LogP) is 1.77. The van der Waals surface area contributed by atoms with Crippen molar-refractivity contribution in [2.45, 2.75) is 12.5 Å². The van der Waals surface area contributed by atoms with E-state index in [4.69, 9.17) is 4.74 Å². The number of amides is 1. The first-order valence-electron chi connectivity index (χ1n) is 6.60. The SMILES string of the molecule is O=C(c1ccccc1)N1CCC(Oc2cnccn2)C1. The summed E-state index contributed by atoms with van der Waals surface area (Å²) >= 11 is 0. The minimum atomic E-state index is -0.0145. The predicted molar refractivity (Wildman–Crippen MR) is 73.4 cm³/mol. The fourth-order valence-corrected chi connectivity index (χ4v) is 2.29. The third-order valence-corrected chi connectivity index (χ3v) is 3.28. The lowest BCUT2D eigenvalue weighted by molar-refractivity contribution is 0.0771. The van der Waals surface area contributed by atoms with Crippen LogP contribution in [-0.2, 0) is 0 Å². The first-order valence-corrected chi connectivity index (χ1v) is 6.60. The van der Waals surface area contributed by atoms with Crippen molar-refractivity contribution in [3.05, 3.63) is 54.5 Å². The van der Waals surface area contributed by atoms with Gasteiger partial charge in [-0.1, -0.05) is 18.2 Å². The van der Waals surface area contributed by atoms with Gasteiger partial charge in [0.15, 0.2) is 0 Å². The Morgan fingerprint density at radius 3 is 2.85 bits per heavy atom. The molecule has 0 N–H and O–H groups in total. The summed E-state index contributed by atoms with van der Waals surface area (Å²) in [4.78, 5) is 22.1. The Labute approximate surface area is 117 Å². The standard InChI is InChI=1S/C15H15N3O2/c19-15(12-4-2-1-3-5-12)18-9-6-13(11-18)20-14-10-16-7-8-17-14/h1-5,7-8,10,13H,6,9,11H2. The minimum Gasteiger partial charge on any atom is -0.471 e. The summed E-state index contributed by atoms with van der Waals surface area (Å²) in [6.45, 7) is 1.29. The maximum Gasteiger partial charge on any atom is 0.253 e. The van der Waals surface area contributed by atoms with Crippen LogP contribution in [0.15, 0.2) is 48.9 Å². The second-order valence-electron chi connectivity index (χ2n) is 4.69. The molecule has 5 nitrogen and oxygen atoms in total. The highest BCUT2D eigenvalue weighted by Gasteiger charge is 2.28. The van der Waals surface area contributed by atoms with Crippen molar-refractivity contribution in [3.63, 3.8) is 0 Å². The fraction of sp³-hybridized carbons (Fsp3) is 0.267. The van der Waals surface area contributed by atoms with E-state index in [2.05, 4.69) is 9.97 Å². The van der Waals surface area contributed by atoms with E-state index in [0.29, 0.717) is 24.5 Å². The van der Waals surface area contributed by atoms with Gasteiger partial charge in [0.1, 0.15) is 6.10 Å². The Kier molecular flexibility index (Phi) is 3.58. The first kappa shape index (κ1) is 12.6. The van der Waals surface area contributed by atoms with Crippen LogP contribution in [0.25, 0.3) is 0 Å². The monoisotopic (exact) mass is 269 g/mol. The van der Waals surface area contributed by atoms with Gasteiger partial charge in [0.2, 0.25) is 5.88 Å². The Balaban J connectivity index is 1.61. The number of carbonyl (C=O) groups is 1. The lowest BCUT2D eigenvalue weighted by Gasteiger charge is -2.16. The molecule has 2 heterocycles. The van der Waals surface area contributed by atoms with E-state index < -0.39 is 0 Å². The van der Waals surface area contributed by atoms with Gasteiger partial charge in [0.25, 0.3) is 5.91 Å². The zero-order valence-electron chi connectivity index (χ0n) is 11.0. The first-order chi connectivity index (χ1) is 9.83. The summed E-state index contributed by atoms with van der Waals surface area (Å²) in [6.07, 6.45) is 5.58. The van der Waals surface area contributed by atoms with E-state index >= 15 is 0 Å². The smallest absolute Gasteiger partial charge is 0.253 e. The van der Waals surface area contributed by atoms with E-state index in [-0.39, 0.29) is 12.0 Å². The Bertz CT molecular complexity index is 574. The van der Waals surface area contributed by atoms with Crippen LogP contribution >= 0.6 is 0 Å². The third-order valence-electron chi connectivity index (χ3n) is 3.28. The van der Waals surface area contributed by atoms with Gasteiger partial charge in [0, 0.05) is 30.9 Å². The molecule has 1 aliphatic heterocycles. The molecule has 1 aromatic heterocycles. The van der Waals surface area contributed by atoms with Gasteiger partial charge in [-0.25, -0.2) is 4.98 Å². The summed E-state index contributed by atoms with van der Waals surface area (Å²) in [6, 6.07) is 9.31. The van der Waals surface area contributed by atoms with Crippen molar-refractivity contribution >= 4 is 5.91 Å². The van der Waals surface area contributed by atoms with Gasteiger partial charge < -0.3 is 9.64 Å². The van der Waals surface area contributed by atoms with E-state index in [1.807, 2.05) is 35.2 Å². The molecular formula is C15H15N3O2. The highest BCUT2D eigenvalue weighted by molar-refractivity contribution is 5.94. The summed E-state index contributed by atoms with van der Waals surface area (Å²) in [7, 11) is 0. The number of hydrogen-bond donors (Lipinski definition) is 0. The molecule has 0 spiro atoms. The van der Waals surface area contributed by atoms with Crippen molar-refractivity contribution in [1.29, 1.82) is 0 Å². The number of ether oxygens (including phenoxy) is 1. The van der Waals surface area contributed by atoms with Crippen LogP contribution in [0.3, 0.4) is 0 Å². The summed E-state index contributed by atoms with van der Waals surface area (Å²) in [5.41, 5.74) is 0.715. The summed E-state index contributed by atoms with van der Waals surface area (Å²) < 4.78 is 5.72. The highest BCUT2D eigenvalue weighted by Crippen LogP contribution is 2.17. The molecule has 20 heavy (non-hydrogen) atoms. The molecule has 3 rings (SSSR count). The van der Waals surface area contributed by atoms with Crippen LogP contribution in [-0.4, -0.2) is 40.0 Å². The zero-order chi connectivity index (χ0) is 13.8. The van der Waals surface area contributed by atoms with Crippen molar-refractivity contribution < 1.29 is 9.53 Å². The molecule has 1 atom stereocenters. The largest absolute Gasteiger partial charge is 0.471 e. The molecule has 1 saturated heterocycles. The average Bonchev–Trinajstić information content (AvgIpc) is 2.97. The number of rotatable bonds is 3. The van der Waals surface area contributed by atoms with E-state index in [1.54, 1.807) is 18.6 Å². The van der Waals surface area contributed by atoms with Crippen molar-refractivity contribution in [2.75, 3.05) is 13.1 Å². The fourth-order valence-electron chi connectivity index (χ4n) is 2.29. The number of likely N-dealkylation sites (tertiary alicyclic amines) is 1. The molecule has 1 amide bonds. The maximum absolute atomic E-state index is 12.3. The molecule has 1 fully saturated rings. The lowest BCUT2D eigenvalue weighted by atomic mass is 10.2. The lowest BCUT2D eigenvalue weighted by Crippen LogP contribution is -2.30. The topological polar surface area (TPSA) is 55.3 Å². The Morgan fingerprint density at radius 2 is 2.10 bits per heavy atom. The number of benzene rings is 1. The molecule has 102 valence electrons. The van der Waals surface area contributed by atoms with Gasteiger partial charge in [-0.05, 0) is 12.1 Å². The van der Waals surface area contributed by atoms with Crippen LogP contribution in [0.5, 0.6) is 5.88 Å². The second-order valence-corrected chi connectivity index (χ2v) is 4.69. The van der Waals surface area contributed by atoms with Crippen LogP contribution in [0.2, 0.25) is 0 Å². The van der Waals surface area contributed by atoms with Gasteiger partial charge in [0.05, 0.1) is 12.7 Å². The summed E-state index contributed by atoms with van der Waals surface area (Å²) in [5.74, 6) is 0.558. The van der Waals surface area contributed by atoms with Crippen molar-refractivity contribution in [1.82, 2.24) is 14.9 Å². The molecule has 1 aromatic carbocycles. The van der Waals surface area contributed by atoms with E-state index in [0.717, 1.165) is 6.42 Å². The molecule has 1 unspecified atom stereocenters. The molecule has 0 radical (unpaired) electrons. The summed E-state index contributed by atoms with van der Waals surface area (Å²) in [5, 5.41) is 0. The van der Waals surface area contributed by atoms with E-state index in [1.165, 1.54) is 0 Å². The molecular weight excluding hydrogens is 254 g/mol. The Morgan fingerprint density at radius 1 is 1.25 bits per heavy atom. The Hall–Kier alpha value is -2.43. The zero-order valence-corrected chi connectivity index (χ0v) is 11.0. The highest BCUT2D eigenvalue weighted by atomic mass is 16.5. The van der Waals surface area contributed by atoms with Crippen LogP contribution in [0.1, 0.15) is 16.8 Å². The van der Waals surface area contributed by atoms with Gasteiger partial charge in [-0.15, -0.1) is 0 Å². The molecule has 5 heteroatoms. The normalized spacial score (nSPS) is 18.0.